The van der Waals surface area contributed by atoms with Gasteiger partial charge in [0.2, 0.25) is 0 Å². The first-order valence-corrected chi connectivity index (χ1v) is 14.4. The molecular weight excluding hydrogens is 604 g/mol. The second-order valence-corrected chi connectivity index (χ2v) is 11.5. The summed E-state index contributed by atoms with van der Waals surface area (Å²) in [5, 5.41) is 9.69. The molecule has 0 radical (unpaired) electrons. The van der Waals surface area contributed by atoms with Gasteiger partial charge < -0.3 is 19.5 Å². The van der Waals surface area contributed by atoms with Gasteiger partial charge in [-0.15, -0.1) is 0 Å². The first-order chi connectivity index (χ1) is 21.2. The predicted octanol–water partition coefficient (Wildman–Crippen LogP) is 8.12. The lowest BCUT2D eigenvalue weighted by Crippen LogP contribution is -2.39. The van der Waals surface area contributed by atoms with Crippen molar-refractivity contribution in [1.82, 2.24) is 4.90 Å². The van der Waals surface area contributed by atoms with Gasteiger partial charge in [0.25, 0.3) is 0 Å². The van der Waals surface area contributed by atoms with E-state index in [2.05, 4.69) is 0 Å². The van der Waals surface area contributed by atoms with Crippen molar-refractivity contribution >= 4 is 12.1 Å². The minimum Gasteiger partial charge on any atom is -0.465 e. The molecule has 1 amide bonds. The van der Waals surface area contributed by atoms with Gasteiger partial charge in [-0.25, -0.2) is 9.59 Å². The number of ether oxygens (including phenoxy) is 2. The molecule has 1 saturated heterocycles. The van der Waals surface area contributed by atoms with E-state index in [-0.39, 0.29) is 30.0 Å². The Labute approximate surface area is 255 Å². The average molecular weight is 636 g/mol. The van der Waals surface area contributed by atoms with Crippen molar-refractivity contribution in [3.8, 4) is 0 Å². The number of aryl methyl sites for hydroxylation is 1. The number of carboxylic acid groups (broad SMARTS) is 1. The third-order valence-electron chi connectivity index (χ3n) is 8.69. The zero-order valence-corrected chi connectivity index (χ0v) is 24.1. The van der Waals surface area contributed by atoms with Gasteiger partial charge in [0.15, 0.2) is 0 Å². The molecule has 0 bridgehead atoms. The molecule has 5 atom stereocenters. The number of fused-ring (bicyclic) bond motifs is 1. The maximum atomic E-state index is 13.8. The summed E-state index contributed by atoms with van der Waals surface area (Å²) in [5.41, 5.74) is -1.58. The Morgan fingerprint density at radius 3 is 2.11 bits per heavy atom. The average Bonchev–Trinajstić information content (AvgIpc) is 3.44. The number of benzene rings is 3. The predicted molar refractivity (Wildman–Crippen MR) is 151 cm³/mol. The lowest BCUT2D eigenvalue weighted by molar-refractivity contribution is -0.143. The van der Waals surface area contributed by atoms with E-state index >= 15 is 0 Å². The Kier molecular flexibility index (Phi) is 9.16. The van der Waals surface area contributed by atoms with Crippen LogP contribution in [0.4, 0.5) is 31.1 Å². The van der Waals surface area contributed by atoms with Crippen molar-refractivity contribution < 1.29 is 50.5 Å². The SMILES string of the molecule is Cc1ccccc1[C@H]1[C@@H]2CN(C(=O)O)C[C@H]2CC[C@@H]1O[C@H](COC(=O)c1ccccc1)c1cc(C(F)(F)F)cc(C(F)(F)F)c1. The monoisotopic (exact) mass is 635 g/mol. The van der Waals surface area contributed by atoms with Crippen LogP contribution in [0.15, 0.2) is 72.8 Å². The summed E-state index contributed by atoms with van der Waals surface area (Å²) >= 11 is 0. The molecule has 1 aliphatic carbocycles. The molecule has 6 nitrogen and oxygen atoms in total. The second-order valence-electron chi connectivity index (χ2n) is 11.5. The minimum absolute atomic E-state index is 0.00898. The van der Waals surface area contributed by atoms with Gasteiger partial charge in [0.05, 0.1) is 22.8 Å². The number of hydrogen-bond acceptors (Lipinski definition) is 4. The van der Waals surface area contributed by atoms with Crippen LogP contribution in [-0.4, -0.2) is 47.9 Å². The Morgan fingerprint density at radius 2 is 1.51 bits per heavy atom. The third-order valence-corrected chi connectivity index (χ3v) is 8.69. The number of likely N-dealkylation sites (tertiary alicyclic amines) is 1. The van der Waals surface area contributed by atoms with Gasteiger partial charge in [0.1, 0.15) is 12.7 Å². The molecule has 1 aliphatic heterocycles. The molecule has 2 aliphatic rings. The molecule has 0 aromatic heterocycles. The molecule has 240 valence electrons. The van der Waals surface area contributed by atoms with Gasteiger partial charge in [-0.05, 0) is 78.6 Å². The lowest BCUT2D eigenvalue weighted by atomic mass is 9.68. The molecule has 1 heterocycles. The van der Waals surface area contributed by atoms with E-state index in [1.165, 1.54) is 17.0 Å². The van der Waals surface area contributed by atoms with E-state index in [0.717, 1.165) is 11.1 Å². The standard InChI is InChI=1S/C33H31F6NO5/c1-19-7-5-6-10-25(19)29-26-17-40(31(42)43)16-21(26)11-12-27(29)45-28(18-44-30(41)20-8-3-2-4-9-20)22-13-23(32(34,35)36)15-24(14-22)33(37,38)39/h2-10,13-15,21,26-29H,11-12,16-18H2,1H3,(H,42,43)/t21-,26-,27+,28-,29+/m1/s1. The van der Waals surface area contributed by atoms with Crippen LogP contribution >= 0.6 is 0 Å². The Hall–Kier alpha value is -4.06. The number of hydrogen-bond donors (Lipinski definition) is 1. The number of carbonyl (C=O) groups is 2. The van der Waals surface area contributed by atoms with E-state index < -0.39 is 65.8 Å². The summed E-state index contributed by atoms with van der Waals surface area (Å²) in [7, 11) is 0. The summed E-state index contributed by atoms with van der Waals surface area (Å²) in [6.07, 6.45) is -12.6. The van der Waals surface area contributed by atoms with Crippen molar-refractivity contribution in [1.29, 1.82) is 0 Å². The fourth-order valence-corrected chi connectivity index (χ4v) is 6.54. The van der Waals surface area contributed by atoms with Crippen LogP contribution in [0.25, 0.3) is 0 Å². The van der Waals surface area contributed by atoms with Crippen molar-refractivity contribution in [3.05, 3.63) is 106 Å². The molecular formula is C33H31F6NO5. The van der Waals surface area contributed by atoms with Crippen molar-refractivity contribution in [2.45, 2.75) is 50.2 Å². The first kappa shape index (κ1) is 32.3. The third kappa shape index (κ3) is 7.27. The summed E-state index contributed by atoms with van der Waals surface area (Å²) in [6, 6.07) is 16.4. The van der Waals surface area contributed by atoms with Gasteiger partial charge in [0, 0.05) is 19.0 Å². The number of rotatable bonds is 7. The van der Waals surface area contributed by atoms with Gasteiger partial charge in [-0.3, -0.25) is 0 Å². The van der Waals surface area contributed by atoms with Crippen LogP contribution in [0, 0.1) is 18.8 Å². The van der Waals surface area contributed by atoms with Crippen LogP contribution < -0.4 is 0 Å². The largest absolute Gasteiger partial charge is 0.465 e. The molecule has 0 unspecified atom stereocenters. The van der Waals surface area contributed by atoms with E-state index in [4.69, 9.17) is 9.47 Å². The lowest BCUT2D eigenvalue weighted by Gasteiger charge is -2.41. The summed E-state index contributed by atoms with van der Waals surface area (Å²) < 4.78 is 94.8. The fourth-order valence-electron chi connectivity index (χ4n) is 6.54. The topological polar surface area (TPSA) is 76.1 Å². The molecule has 3 aromatic carbocycles. The van der Waals surface area contributed by atoms with E-state index in [0.29, 0.717) is 31.5 Å². The second kappa shape index (κ2) is 12.7. The molecule has 5 rings (SSSR count). The highest BCUT2D eigenvalue weighted by molar-refractivity contribution is 5.89. The fraction of sp³-hybridized carbons (Fsp3) is 0.394. The number of amides is 1. The van der Waals surface area contributed by atoms with Crippen molar-refractivity contribution in [2.75, 3.05) is 19.7 Å². The Morgan fingerprint density at radius 1 is 0.889 bits per heavy atom. The number of carbonyl (C=O) groups excluding carboxylic acids is 1. The van der Waals surface area contributed by atoms with Crippen LogP contribution in [-0.2, 0) is 21.8 Å². The molecule has 1 N–H and O–H groups in total. The Balaban J connectivity index is 1.55. The van der Waals surface area contributed by atoms with E-state index in [1.54, 1.807) is 18.2 Å². The van der Waals surface area contributed by atoms with Gasteiger partial charge in [-0.1, -0.05) is 42.5 Å². The van der Waals surface area contributed by atoms with Gasteiger partial charge in [-0.2, -0.15) is 26.3 Å². The number of alkyl halides is 6. The highest BCUT2D eigenvalue weighted by atomic mass is 19.4. The minimum atomic E-state index is -5.09. The van der Waals surface area contributed by atoms with Crippen LogP contribution in [0.3, 0.4) is 0 Å². The summed E-state index contributed by atoms with van der Waals surface area (Å²) in [6.45, 7) is 1.74. The molecule has 45 heavy (non-hydrogen) atoms. The zero-order chi connectivity index (χ0) is 32.5. The summed E-state index contributed by atoms with van der Waals surface area (Å²) in [4.78, 5) is 26.0. The highest BCUT2D eigenvalue weighted by Gasteiger charge is 2.48. The molecule has 1 saturated carbocycles. The Bertz CT molecular complexity index is 1490. The smallest absolute Gasteiger partial charge is 0.416 e. The van der Waals surface area contributed by atoms with Crippen molar-refractivity contribution in [2.24, 2.45) is 11.8 Å². The van der Waals surface area contributed by atoms with E-state index in [9.17, 15) is 41.0 Å². The molecule has 2 fully saturated rings. The maximum absolute atomic E-state index is 13.8. The highest BCUT2D eigenvalue weighted by Crippen LogP contribution is 2.49. The number of esters is 1. The van der Waals surface area contributed by atoms with Crippen LogP contribution in [0.1, 0.15) is 63.0 Å². The van der Waals surface area contributed by atoms with E-state index in [1.807, 2.05) is 31.2 Å². The number of halogens is 6. The molecule has 3 aromatic rings. The first-order valence-electron chi connectivity index (χ1n) is 14.4. The molecule has 12 heteroatoms. The number of nitrogens with zero attached hydrogens (tertiary/aromatic N) is 1. The maximum Gasteiger partial charge on any atom is 0.416 e. The summed E-state index contributed by atoms with van der Waals surface area (Å²) in [5.74, 6) is -1.46. The van der Waals surface area contributed by atoms with Crippen molar-refractivity contribution in [3.63, 3.8) is 0 Å². The van der Waals surface area contributed by atoms with Crippen LogP contribution in [0.2, 0.25) is 0 Å². The van der Waals surface area contributed by atoms with Gasteiger partial charge >= 0.3 is 24.4 Å². The quantitative estimate of drug-likeness (QED) is 0.210. The molecule has 0 spiro atoms. The normalized spacial score (nSPS) is 22.5. The zero-order valence-electron chi connectivity index (χ0n) is 24.1. The van der Waals surface area contributed by atoms with Crippen LogP contribution in [0.5, 0.6) is 0 Å².